The number of halogens is 1. The van der Waals surface area contributed by atoms with Gasteiger partial charge < -0.3 is 10.5 Å². The molecule has 0 radical (unpaired) electrons. The molecule has 1 fully saturated rings. The molecule has 1 aromatic carbocycles. The van der Waals surface area contributed by atoms with Gasteiger partial charge in [0.15, 0.2) is 0 Å². The molecule has 1 aromatic rings. The summed E-state index contributed by atoms with van der Waals surface area (Å²) < 4.78 is 6.58. The van der Waals surface area contributed by atoms with E-state index in [2.05, 4.69) is 52.6 Å². The zero-order valence-corrected chi connectivity index (χ0v) is 12.1. The molecule has 0 bridgehead atoms. The van der Waals surface area contributed by atoms with Crippen LogP contribution in [0.25, 0.3) is 0 Å². The molecular weight excluding hydrogens is 329 g/mol. The van der Waals surface area contributed by atoms with Crippen molar-refractivity contribution < 1.29 is 9.53 Å². The van der Waals surface area contributed by atoms with Crippen LogP contribution in [0.15, 0.2) is 30.3 Å². The van der Waals surface area contributed by atoms with Crippen LogP contribution in [0.4, 0.5) is 0 Å². The molecule has 17 heavy (non-hydrogen) atoms. The highest BCUT2D eigenvalue weighted by Gasteiger charge is 2.27. The maximum atomic E-state index is 9.22. The minimum Gasteiger partial charge on any atom is -0.373 e. The average Bonchev–Trinajstić information content (AvgIpc) is 2.23. The molecule has 1 aliphatic rings. The Morgan fingerprint density at radius 1 is 1.41 bits per heavy atom. The van der Waals surface area contributed by atoms with E-state index in [0.29, 0.717) is 6.10 Å². The topological polar surface area (TPSA) is 52.3 Å². The Kier molecular flexibility index (Phi) is 6.50. The van der Waals surface area contributed by atoms with Gasteiger partial charge in [-0.05, 0) is 18.4 Å². The number of hydrogen-bond donors (Lipinski definition) is 1. The Morgan fingerprint density at radius 2 is 1.94 bits per heavy atom. The van der Waals surface area contributed by atoms with Gasteiger partial charge in [0.2, 0.25) is 5.91 Å². The van der Waals surface area contributed by atoms with Crippen molar-refractivity contribution in [2.24, 2.45) is 5.73 Å². The molecule has 1 saturated carbocycles. The highest BCUT2D eigenvalue weighted by molar-refractivity contribution is 14.1. The van der Waals surface area contributed by atoms with Gasteiger partial charge in [-0.2, -0.15) is 0 Å². The first-order valence-corrected chi connectivity index (χ1v) is 6.88. The second-order valence-corrected chi connectivity index (χ2v) is 5.86. The molecule has 0 saturated heterocycles. The van der Waals surface area contributed by atoms with Gasteiger partial charge in [-0.15, -0.1) is 0 Å². The van der Waals surface area contributed by atoms with Crippen LogP contribution < -0.4 is 5.73 Å². The minimum atomic E-state index is -0.333. The van der Waals surface area contributed by atoms with E-state index >= 15 is 0 Å². The highest BCUT2D eigenvalue weighted by Crippen LogP contribution is 2.30. The van der Waals surface area contributed by atoms with E-state index in [1.807, 2.05) is 6.07 Å². The SMILES string of the molecule is CC(N)=O.IC1CC(OCc2ccccc2)C1. The molecule has 1 aliphatic carbocycles. The normalized spacial score (nSPS) is 22.0. The predicted molar refractivity (Wildman–Crippen MR) is 76.9 cm³/mol. The fraction of sp³-hybridized carbons (Fsp3) is 0.462. The summed E-state index contributed by atoms with van der Waals surface area (Å²) in [4.78, 5) is 9.22. The van der Waals surface area contributed by atoms with Crippen molar-refractivity contribution in [3.8, 4) is 0 Å². The predicted octanol–water partition coefficient (Wildman–Crippen LogP) is 2.66. The fourth-order valence-corrected chi connectivity index (χ4v) is 2.56. The molecule has 0 atom stereocenters. The van der Waals surface area contributed by atoms with Crippen LogP contribution in [0.3, 0.4) is 0 Å². The molecule has 0 spiro atoms. The third-order valence-corrected chi connectivity index (χ3v) is 3.38. The Balaban J connectivity index is 0.000000317. The summed E-state index contributed by atoms with van der Waals surface area (Å²) in [7, 11) is 0. The zero-order valence-electron chi connectivity index (χ0n) is 9.93. The summed E-state index contributed by atoms with van der Waals surface area (Å²) in [6, 6.07) is 10.4. The Labute approximate surface area is 116 Å². The van der Waals surface area contributed by atoms with Gasteiger partial charge in [0, 0.05) is 10.8 Å². The Bertz CT molecular complexity index is 333. The highest BCUT2D eigenvalue weighted by atomic mass is 127. The lowest BCUT2D eigenvalue weighted by atomic mass is 9.96. The van der Waals surface area contributed by atoms with Gasteiger partial charge in [-0.25, -0.2) is 0 Å². The van der Waals surface area contributed by atoms with Crippen molar-refractivity contribution in [2.45, 2.75) is 36.4 Å². The number of amides is 1. The number of carbonyl (C=O) groups excluding carboxylic acids is 1. The molecule has 3 nitrogen and oxygen atoms in total. The van der Waals surface area contributed by atoms with Crippen molar-refractivity contribution >= 4 is 28.5 Å². The van der Waals surface area contributed by atoms with E-state index in [0.717, 1.165) is 10.5 Å². The first kappa shape index (κ1) is 14.4. The second kappa shape index (κ2) is 7.66. The van der Waals surface area contributed by atoms with Crippen molar-refractivity contribution in [1.82, 2.24) is 0 Å². The van der Waals surface area contributed by atoms with Crippen molar-refractivity contribution in [3.63, 3.8) is 0 Å². The number of nitrogens with two attached hydrogens (primary N) is 1. The monoisotopic (exact) mass is 347 g/mol. The maximum absolute atomic E-state index is 9.22. The summed E-state index contributed by atoms with van der Waals surface area (Å²) in [5.74, 6) is -0.333. The van der Waals surface area contributed by atoms with Crippen LogP contribution >= 0.6 is 22.6 Å². The number of benzene rings is 1. The van der Waals surface area contributed by atoms with Gasteiger partial charge in [0.1, 0.15) is 0 Å². The van der Waals surface area contributed by atoms with Crippen LogP contribution in [-0.2, 0) is 16.1 Å². The van der Waals surface area contributed by atoms with Gasteiger partial charge in [0.25, 0.3) is 0 Å². The van der Waals surface area contributed by atoms with Crippen LogP contribution in [-0.4, -0.2) is 15.9 Å². The van der Waals surface area contributed by atoms with Crippen LogP contribution in [0.2, 0.25) is 0 Å². The molecule has 2 rings (SSSR count). The van der Waals surface area contributed by atoms with Crippen molar-refractivity contribution in [3.05, 3.63) is 35.9 Å². The number of ether oxygens (including phenoxy) is 1. The van der Waals surface area contributed by atoms with Crippen LogP contribution in [0.5, 0.6) is 0 Å². The van der Waals surface area contributed by atoms with Crippen LogP contribution in [0, 0.1) is 0 Å². The number of alkyl halides is 1. The Hall–Kier alpha value is -0.620. The standard InChI is InChI=1S/C11H13IO.C2H5NO/c12-10-6-11(7-10)13-8-9-4-2-1-3-5-9;1-2(3)4/h1-5,10-11H,6-8H2;1H3,(H2,3,4). The van der Waals surface area contributed by atoms with Gasteiger partial charge >= 0.3 is 0 Å². The van der Waals surface area contributed by atoms with Crippen molar-refractivity contribution in [2.75, 3.05) is 0 Å². The second-order valence-electron chi connectivity index (χ2n) is 4.10. The number of carbonyl (C=O) groups is 1. The first-order valence-electron chi connectivity index (χ1n) is 5.63. The summed E-state index contributed by atoms with van der Waals surface area (Å²) in [5.41, 5.74) is 5.75. The lowest BCUT2D eigenvalue weighted by molar-refractivity contribution is -0.115. The van der Waals surface area contributed by atoms with Gasteiger partial charge in [0.05, 0.1) is 12.7 Å². The molecule has 0 unspecified atom stereocenters. The number of rotatable bonds is 3. The molecule has 2 N–H and O–H groups in total. The fourth-order valence-electron chi connectivity index (χ4n) is 1.43. The molecule has 0 aliphatic heterocycles. The minimum absolute atomic E-state index is 0.333. The van der Waals surface area contributed by atoms with Crippen molar-refractivity contribution in [1.29, 1.82) is 0 Å². The van der Waals surface area contributed by atoms with E-state index in [9.17, 15) is 4.79 Å². The molecule has 0 heterocycles. The van der Waals surface area contributed by atoms with Gasteiger partial charge in [-0.1, -0.05) is 52.9 Å². The molecule has 4 heteroatoms. The summed E-state index contributed by atoms with van der Waals surface area (Å²) in [6.45, 7) is 2.08. The van der Waals surface area contributed by atoms with E-state index in [4.69, 9.17) is 4.74 Å². The summed E-state index contributed by atoms with van der Waals surface area (Å²) in [5, 5.41) is 0. The van der Waals surface area contributed by atoms with E-state index < -0.39 is 0 Å². The summed E-state index contributed by atoms with van der Waals surface area (Å²) >= 11 is 2.48. The third-order valence-electron chi connectivity index (χ3n) is 2.37. The van der Waals surface area contributed by atoms with E-state index in [-0.39, 0.29) is 5.91 Å². The smallest absolute Gasteiger partial charge is 0.214 e. The molecule has 0 aromatic heterocycles. The maximum Gasteiger partial charge on any atom is 0.214 e. The zero-order chi connectivity index (χ0) is 12.7. The quantitative estimate of drug-likeness (QED) is 0.675. The number of hydrogen-bond acceptors (Lipinski definition) is 2. The third kappa shape index (κ3) is 6.63. The van der Waals surface area contributed by atoms with E-state index in [1.165, 1.54) is 25.3 Å². The molecule has 1 amide bonds. The Morgan fingerprint density at radius 3 is 2.41 bits per heavy atom. The molecule has 94 valence electrons. The lowest BCUT2D eigenvalue weighted by Crippen LogP contribution is -2.31. The van der Waals surface area contributed by atoms with Gasteiger partial charge in [-0.3, -0.25) is 4.79 Å². The largest absolute Gasteiger partial charge is 0.373 e. The van der Waals surface area contributed by atoms with Crippen LogP contribution in [0.1, 0.15) is 25.3 Å². The molecular formula is C13H18INO2. The first-order chi connectivity index (χ1) is 8.08. The average molecular weight is 347 g/mol. The summed E-state index contributed by atoms with van der Waals surface area (Å²) in [6.07, 6.45) is 2.97. The number of primary amides is 1. The lowest BCUT2D eigenvalue weighted by Gasteiger charge is -2.31. The van der Waals surface area contributed by atoms with E-state index in [1.54, 1.807) is 0 Å².